The lowest BCUT2D eigenvalue weighted by molar-refractivity contribution is 0.0767. The maximum atomic E-state index is 12.2. The van der Waals surface area contributed by atoms with Crippen LogP contribution in [0.2, 0.25) is 0 Å². The summed E-state index contributed by atoms with van der Waals surface area (Å²) in [4.78, 5) is 18.1. The molecule has 0 aliphatic rings. The van der Waals surface area contributed by atoms with Crippen molar-refractivity contribution in [3.8, 4) is 0 Å². The van der Waals surface area contributed by atoms with Gasteiger partial charge in [-0.05, 0) is 32.9 Å². The van der Waals surface area contributed by atoms with E-state index in [1.165, 1.54) is 0 Å². The average Bonchev–Trinajstić information content (AvgIpc) is 2.85. The van der Waals surface area contributed by atoms with Gasteiger partial charge in [-0.2, -0.15) is 0 Å². The van der Waals surface area contributed by atoms with E-state index in [-0.39, 0.29) is 5.91 Å². The van der Waals surface area contributed by atoms with Gasteiger partial charge in [0.2, 0.25) is 0 Å². The summed E-state index contributed by atoms with van der Waals surface area (Å²) in [5, 5.41) is 6.93. The highest BCUT2D eigenvalue weighted by atomic mass is 16.5. The second-order valence-corrected chi connectivity index (χ2v) is 4.36. The summed E-state index contributed by atoms with van der Waals surface area (Å²) in [5.41, 5.74) is 1.17. The fourth-order valence-electron chi connectivity index (χ4n) is 1.87. The molecule has 2 aromatic rings. The predicted octanol–water partition coefficient (Wildman–Crippen LogP) is 2.60. The first-order valence-corrected chi connectivity index (χ1v) is 6.59. The molecule has 0 unspecified atom stereocenters. The summed E-state index contributed by atoms with van der Waals surface area (Å²) in [5.74, 6) is 1.26. The van der Waals surface area contributed by atoms with E-state index in [4.69, 9.17) is 4.52 Å². The van der Waals surface area contributed by atoms with Gasteiger partial charge in [-0.3, -0.25) is 9.78 Å². The molecule has 0 saturated heterocycles. The number of aryl methyl sites for hydroxylation is 1. The van der Waals surface area contributed by atoms with Crippen molar-refractivity contribution >= 4 is 17.4 Å². The van der Waals surface area contributed by atoms with Crippen LogP contribution in [-0.2, 0) is 0 Å². The van der Waals surface area contributed by atoms with Crippen molar-refractivity contribution < 1.29 is 9.32 Å². The molecule has 0 aromatic carbocycles. The largest absolute Gasteiger partial charge is 0.360 e. The summed E-state index contributed by atoms with van der Waals surface area (Å²) < 4.78 is 4.98. The molecule has 0 aliphatic carbocycles. The maximum absolute atomic E-state index is 12.2. The molecule has 6 heteroatoms. The SMILES string of the molecule is CCN(CC)C(=O)c1cc(Nc2cc(C)on2)ccn1. The van der Waals surface area contributed by atoms with Gasteiger partial charge in [0.05, 0.1) is 0 Å². The highest BCUT2D eigenvalue weighted by Crippen LogP contribution is 2.17. The number of pyridine rings is 1. The van der Waals surface area contributed by atoms with Gasteiger partial charge < -0.3 is 14.7 Å². The molecule has 6 nitrogen and oxygen atoms in total. The van der Waals surface area contributed by atoms with Crippen molar-refractivity contribution in [2.45, 2.75) is 20.8 Å². The Kier molecular flexibility index (Phi) is 4.34. The topological polar surface area (TPSA) is 71.3 Å². The Balaban J connectivity index is 2.17. The molecule has 1 amide bonds. The molecule has 0 atom stereocenters. The number of carbonyl (C=O) groups is 1. The third-order valence-electron chi connectivity index (χ3n) is 2.93. The normalized spacial score (nSPS) is 10.3. The van der Waals surface area contributed by atoms with Crippen LogP contribution in [0, 0.1) is 6.92 Å². The molecule has 0 saturated carbocycles. The van der Waals surface area contributed by atoms with E-state index in [1.54, 1.807) is 29.3 Å². The number of aromatic nitrogens is 2. The highest BCUT2D eigenvalue weighted by Gasteiger charge is 2.14. The maximum Gasteiger partial charge on any atom is 0.272 e. The van der Waals surface area contributed by atoms with E-state index in [0.717, 1.165) is 11.4 Å². The van der Waals surface area contributed by atoms with Crippen LogP contribution in [0.5, 0.6) is 0 Å². The van der Waals surface area contributed by atoms with Gasteiger partial charge in [-0.1, -0.05) is 5.16 Å². The van der Waals surface area contributed by atoms with Crippen LogP contribution in [-0.4, -0.2) is 34.0 Å². The van der Waals surface area contributed by atoms with Gasteiger partial charge >= 0.3 is 0 Å². The first-order valence-electron chi connectivity index (χ1n) is 6.59. The summed E-state index contributed by atoms with van der Waals surface area (Å²) in [7, 11) is 0. The van der Waals surface area contributed by atoms with Crippen molar-refractivity contribution in [1.29, 1.82) is 0 Å². The molecule has 0 radical (unpaired) electrons. The molecule has 20 heavy (non-hydrogen) atoms. The minimum absolute atomic E-state index is 0.0741. The van der Waals surface area contributed by atoms with E-state index >= 15 is 0 Å². The highest BCUT2D eigenvalue weighted by molar-refractivity contribution is 5.93. The lowest BCUT2D eigenvalue weighted by Gasteiger charge is -2.18. The Bertz CT molecular complexity index is 590. The average molecular weight is 274 g/mol. The molecule has 0 spiro atoms. The van der Waals surface area contributed by atoms with Crippen molar-refractivity contribution in [2.75, 3.05) is 18.4 Å². The number of amides is 1. The van der Waals surface area contributed by atoms with Gasteiger partial charge in [0, 0.05) is 31.0 Å². The molecular weight excluding hydrogens is 256 g/mol. The lowest BCUT2D eigenvalue weighted by Crippen LogP contribution is -2.31. The fraction of sp³-hybridized carbons (Fsp3) is 0.357. The molecule has 0 aliphatic heterocycles. The molecule has 2 heterocycles. The quantitative estimate of drug-likeness (QED) is 0.907. The van der Waals surface area contributed by atoms with Crippen molar-refractivity contribution in [2.24, 2.45) is 0 Å². The first-order chi connectivity index (χ1) is 9.63. The molecule has 2 rings (SSSR count). The smallest absolute Gasteiger partial charge is 0.272 e. The van der Waals surface area contributed by atoms with E-state index in [9.17, 15) is 4.79 Å². The summed E-state index contributed by atoms with van der Waals surface area (Å²) in [6.07, 6.45) is 1.60. The molecule has 0 bridgehead atoms. The van der Waals surface area contributed by atoms with Gasteiger partial charge in [0.1, 0.15) is 11.5 Å². The Labute approximate surface area is 117 Å². The number of hydrogen-bond acceptors (Lipinski definition) is 5. The summed E-state index contributed by atoms with van der Waals surface area (Å²) in [6, 6.07) is 5.28. The molecular formula is C14H18N4O2. The van der Waals surface area contributed by atoms with E-state index in [2.05, 4.69) is 15.5 Å². The number of nitrogens with one attached hydrogen (secondary N) is 1. The second-order valence-electron chi connectivity index (χ2n) is 4.36. The fourth-order valence-corrected chi connectivity index (χ4v) is 1.87. The van der Waals surface area contributed by atoms with Gasteiger partial charge in [0.25, 0.3) is 5.91 Å². The molecule has 1 N–H and O–H groups in total. The Morgan fingerprint density at radius 1 is 1.35 bits per heavy atom. The number of hydrogen-bond donors (Lipinski definition) is 1. The van der Waals surface area contributed by atoms with Crippen molar-refractivity contribution in [3.05, 3.63) is 35.9 Å². The minimum Gasteiger partial charge on any atom is -0.360 e. The Morgan fingerprint density at radius 2 is 2.10 bits per heavy atom. The van der Waals surface area contributed by atoms with Crippen molar-refractivity contribution in [1.82, 2.24) is 15.0 Å². The summed E-state index contributed by atoms with van der Waals surface area (Å²) in [6.45, 7) is 7.04. The molecule has 0 fully saturated rings. The van der Waals surface area contributed by atoms with Crippen LogP contribution >= 0.6 is 0 Å². The van der Waals surface area contributed by atoms with Crippen LogP contribution in [0.4, 0.5) is 11.5 Å². The number of anilines is 2. The number of carbonyl (C=O) groups excluding carboxylic acids is 1. The van der Waals surface area contributed by atoms with Gasteiger partial charge in [-0.15, -0.1) is 0 Å². The van der Waals surface area contributed by atoms with E-state index in [0.29, 0.717) is 24.6 Å². The zero-order valence-electron chi connectivity index (χ0n) is 11.9. The lowest BCUT2D eigenvalue weighted by atomic mass is 10.2. The predicted molar refractivity (Wildman–Crippen MR) is 76.0 cm³/mol. The van der Waals surface area contributed by atoms with Crippen LogP contribution < -0.4 is 5.32 Å². The van der Waals surface area contributed by atoms with Crippen LogP contribution in [0.25, 0.3) is 0 Å². The van der Waals surface area contributed by atoms with Crippen LogP contribution in [0.15, 0.2) is 28.9 Å². The first kappa shape index (κ1) is 14.0. The third kappa shape index (κ3) is 3.14. The Morgan fingerprint density at radius 3 is 2.70 bits per heavy atom. The zero-order valence-corrected chi connectivity index (χ0v) is 11.9. The second kappa shape index (κ2) is 6.18. The minimum atomic E-state index is -0.0741. The molecule has 2 aromatic heterocycles. The van der Waals surface area contributed by atoms with Gasteiger partial charge in [0.15, 0.2) is 5.82 Å². The zero-order chi connectivity index (χ0) is 14.5. The van der Waals surface area contributed by atoms with Gasteiger partial charge in [-0.25, -0.2) is 0 Å². The number of nitrogens with zero attached hydrogens (tertiary/aromatic N) is 3. The van der Waals surface area contributed by atoms with Crippen molar-refractivity contribution in [3.63, 3.8) is 0 Å². The summed E-state index contributed by atoms with van der Waals surface area (Å²) >= 11 is 0. The third-order valence-corrected chi connectivity index (χ3v) is 2.93. The van der Waals surface area contributed by atoms with Crippen LogP contribution in [0.1, 0.15) is 30.1 Å². The van der Waals surface area contributed by atoms with Crippen LogP contribution in [0.3, 0.4) is 0 Å². The van der Waals surface area contributed by atoms with E-state index < -0.39 is 0 Å². The Hall–Kier alpha value is -2.37. The number of rotatable bonds is 5. The van der Waals surface area contributed by atoms with E-state index in [1.807, 2.05) is 20.8 Å². The standard InChI is InChI=1S/C14H18N4O2/c1-4-18(5-2)14(19)12-9-11(6-7-15-12)16-13-8-10(3)20-17-13/h6-9H,4-5H2,1-3H3,(H,15,16,17). The monoisotopic (exact) mass is 274 g/mol. The molecule has 106 valence electrons.